The summed E-state index contributed by atoms with van der Waals surface area (Å²) in [6, 6.07) is 5.23. The topological polar surface area (TPSA) is 81.8 Å². The molecule has 1 atom stereocenters. The zero-order chi connectivity index (χ0) is 14.6. The summed E-state index contributed by atoms with van der Waals surface area (Å²) in [6.07, 6.45) is -0.172. The van der Waals surface area contributed by atoms with Crippen molar-refractivity contribution in [2.75, 3.05) is 14.2 Å². The van der Waals surface area contributed by atoms with Gasteiger partial charge >= 0.3 is 5.97 Å². The van der Waals surface area contributed by atoms with E-state index in [2.05, 4.69) is 0 Å². The molecule has 0 aliphatic heterocycles. The quantitative estimate of drug-likeness (QED) is 0.823. The number of carbonyl (C=O) groups is 1. The first-order chi connectivity index (χ1) is 8.85. The first-order valence-corrected chi connectivity index (χ1v) is 6.08. The summed E-state index contributed by atoms with van der Waals surface area (Å²) in [5.74, 6) is 0.181. The van der Waals surface area contributed by atoms with Crippen LogP contribution >= 0.6 is 0 Å². The first-order valence-electron chi connectivity index (χ1n) is 6.08. The zero-order valence-corrected chi connectivity index (χ0v) is 11.8. The SMILES string of the molecule is COc1ccc(OC)c(C(N)(CC(=O)O)C(C)C)c1. The van der Waals surface area contributed by atoms with Gasteiger partial charge in [-0.3, -0.25) is 4.79 Å². The number of carboxylic acids is 1. The van der Waals surface area contributed by atoms with Gasteiger partial charge in [0.1, 0.15) is 11.5 Å². The van der Waals surface area contributed by atoms with Crippen LogP contribution < -0.4 is 15.2 Å². The molecule has 3 N–H and O–H groups in total. The predicted octanol–water partition coefficient (Wildman–Crippen LogP) is 1.99. The fourth-order valence-corrected chi connectivity index (χ4v) is 2.04. The van der Waals surface area contributed by atoms with Crippen LogP contribution in [0.4, 0.5) is 0 Å². The van der Waals surface area contributed by atoms with E-state index in [1.165, 1.54) is 7.11 Å². The van der Waals surface area contributed by atoms with Crippen molar-refractivity contribution < 1.29 is 19.4 Å². The molecule has 1 aromatic rings. The standard InChI is InChI=1S/C14H21NO4/c1-9(2)14(15,8-13(16)17)11-7-10(18-3)5-6-12(11)19-4/h5-7,9H,8,15H2,1-4H3,(H,16,17). The molecule has 0 bridgehead atoms. The van der Waals surface area contributed by atoms with E-state index in [1.807, 2.05) is 13.8 Å². The number of ether oxygens (including phenoxy) is 2. The zero-order valence-electron chi connectivity index (χ0n) is 11.8. The second-order valence-corrected chi connectivity index (χ2v) is 4.83. The summed E-state index contributed by atoms with van der Waals surface area (Å²) in [7, 11) is 3.09. The van der Waals surface area contributed by atoms with E-state index < -0.39 is 11.5 Å². The van der Waals surface area contributed by atoms with E-state index in [4.69, 9.17) is 20.3 Å². The minimum absolute atomic E-state index is 0.0652. The number of hydrogen-bond acceptors (Lipinski definition) is 4. The van der Waals surface area contributed by atoms with Crippen LogP contribution in [0.15, 0.2) is 18.2 Å². The van der Waals surface area contributed by atoms with Gasteiger partial charge in [0.05, 0.1) is 26.2 Å². The molecule has 0 aliphatic carbocycles. The molecule has 106 valence electrons. The van der Waals surface area contributed by atoms with Gasteiger partial charge in [0.25, 0.3) is 0 Å². The molecule has 0 aliphatic rings. The number of carboxylic acid groups (broad SMARTS) is 1. The Morgan fingerprint density at radius 2 is 2.00 bits per heavy atom. The molecule has 1 unspecified atom stereocenters. The van der Waals surface area contributed by atoms with Crippen molar-refractivity contribution in [2.24, 2.45) is 11.7 Å². The van der Waals surface area contributed by atoms with Crippen LogP contribution in [0.1, 0.15) is 25.8 Å². The number of nitrogens with two attached hydrogens (primary N) is 1. The summed E-state index contributed by atoms with van der Waals surface area (Å²) < 4.78 is 10.5. The molecule has 19 heavy (non-hydrogen) atoms. The van der Waals surface area contributed by atoms with Crippen molar-refractivity contribution in [2.45, 2.75) is 25.8 Å². The van der Waals surface area contributed by atoms with E-state index in [0.717, 1.165) is 0 Å². The third kappa shape index (κ3) is 3.17. The maximum Gasteiger partial charge on any atom is 0.305 e. The molecule has 1 rings (SSSR count). The molecule has 0 saturated carbocycles. The van der Waals surface area contributed by atoms with Gasteiger partial charge in [-0.05, 0) is 24.1 Å². The maximum absolute atomic E-state index is 11.1. The van der Waals surface area contributed by atoms with Crippen molar-refractivity contribution in [3.05, 3.63) is 23.8 Å². The van der Waals surface area contributed by atoms with E-state index >= 15 is 0 Å². The van der Waals surface area contributed by atoms with Gasteiger partial charge in [0, 0.05) is 5.56 Å². The predicted molar refractivity (Wildman–Crippen MR) is 72.5 cm³/mol. The Morgan fingerprint density at radius 3 is 2.42 bits per heavy atom. The Morgan fingerprint density at radius 1 is 1.37 bits per heavy atom. The third-order valence-corrected chi connectivity index (χ3v) is 3.38. The highest BCUT2D eigenvalue weighted by atomic mass is 16.5. The van der Waals surface area contributed by atoms with Crippen molar-refractivity contribution in [3.63, 3.8) is 0 Å². The van der Waals surface area contributed by atoms with Crippen LogP contribution in [0.2, 0.25) is 0 Å². The molecule has 0 heterocycles. The van der Waals surface area contributed by atoms with Crippen LogP contribution in [0.25, 0.3) is 0 Å². The Balaban J connectivity index is 3.39. The van der Waals surface area contributed by atoms with E-state index in [9.17, 15) is 4.79 Å². The fraction of sp³-hybridized carbons (Fsp3) is 0.500. The molecule has 1 aromatic carbocycles. The second kappa shape index (κ2) is 5.93. The van der Waals surface area contributed by atoms with Gasteiger partial charge < -0.3 is 20.3 Å². The lowest BCUT2D eigenvalue weighted by Crippen LogP contribution is -2.44. The summed E-state index contributed by atoms with van der Waals surface area (Å²) in [6.45, 7) is 3.78. The Kier molecular flexibility index (Phi) is 4.78. The van der Waals surface area contributed by atoms with Gasteiger partial charge in [-0.1, -0.05) is 13.8 Å². The maximum atomic E-state index is 11.1. The minimum atomic E-state index is -1.01. The molecule has 0 saturated heterocycles. The third-order valence-electron chi connectivity index (χ3n) is 3.38. The molecule has 0 spiro atoms. The molecule has 5 heteroatoms. The van der Waals surface area contributed by atoms with Gasteiger partial charge in [0.2, 0.25) is 0 Å². The van der Waals surface area contributed by atoms with Crippen molar-refractivity contribution in [1.29, 1.82) is 0 Å². The minimum Gasteiger partial charge on any atom is -0.497 e. The number of benzene rings is 1. The van der Waals surface area contributed by atoms with Crippen molar-refractivity contribution >= 4 is 5.97 Å². The molecule has 5 nitrogen and oxygen atoms in total. The highest BCUT2D eigenvalue weighted by Crippen LogP contribution is 2.38. The Hall–Kier alpha value is -1.75. The second-order valence-electron chi connectivity index (χ2n) is 4.83. The van der Waals surface area contributed by atoms with E-state index in [-0.39, 0.29) is 12.3 Å². The lowest BCUT2D eigenvalue weighted by atomic mass is 9.77. The van der Waals surface area contributed by atoms with Crippen LogP contribution in [-0.2, 0) is 10.3 Å². The average molecular weight is 267 g/mol. The number of rotatable bonds is 6. The molecule has 0 fully saturated rings. The lowest BCUT2D eigenvalue weighted by Gasteiger charge is -2.34. The van der Waals surface area contributed by atoms with Crippen molar-refractivity contribution in [3.8, 4) is 11.5 Å². The summed E-state index contributed by atoms with van der Waals surface area (Å²) in [5, 5.41) is 9.10. The highest BCUT2D eigenvalue weighted by molar-refractivity contribution is 5.69. The summed E-state index contributed by atoms with van der Waals surface area (Å²) in [4.78, 5) is 11.1. The fourth-order valence-electron chi connectivity index (χ4n) is 2.04. The molecular weight excluding hydrogens is 246 g/mol. The number of methoxy groups -OCH3 is 2. The van der Waals surface area contributed by atoms with E-state index in [1.54, 1.807) is 25.3 Å². The first kappa shape index (κ1) is 15.3. The normalized spacial score (nSPS) is 14.0. The monoisotopic (exact) mass is 267 g/mol. The number of hydrogen-bond donors (Lipinski definition) is 2. The lowest BCUT2D eigenvalue weighted by molar-refractivity contribution is -0.139. The van der Waals surface area contributed by atoms with Crippen LogP contribution in [0, 0.1) is 5.92 Å². The van der Waals surface area contributed by atoms with Crippen molar-refractivity contribution in [1.82, 2.24) is 0 Å². The summed E-state index contributed by atoms with van der Waals surface area (Å²) in [5.41, 5.74) is 5.98. The smallest absolute Gasteiger partial charge is 0.305 e. The molecular formula is C14H21NO4. The van der Waals surface area contributed by atoms with Gasteiger partial charge in [-0.15, -0.1) is 0 Å². The largest absolute Gasteiger partial charge is 0.497 e. The molecule has 0 amide bonds. The van der Waals surface area contributed by atoms with Crippen LogP contribution in [0.5, 0.6) is 11.5 Å². The van der Waals surface area contributed by atoms with Crippen LogP contribution in [-0.4, -0.2) is 25.3 Å². The highest BCUT2D eigenvalue weighted by Gasteiger charge is 2.36. The Labute approximate surface area is 113 Å². The van der Waals surface area contributed by atoms with E-state index in [0.29, 0.717) is 17.1 Å². The molecule has 0 aromatic heterocycles. The average Bonchev–Trinajstić information content (AvgIpc) is 2.36. The van der Waals surface area contributed by atoms with Gasteiger partial charge in [-0.2, -0.15) is 0 Å². The van der Waals surface area contributed by atoms with Gasteiger partial charge in [0.15, 0.2) is 0 Å². The summed E-state index contributed by atoms with van der Waals surface area (Å²) >= 11 is 0. The molecule has 0 radical (unpaired) electrons. The van der Waals surface area contributed by atoms with Gasteiger partial charge in [-0.25, -0.2) is 0 Å². The Bertz CT molecular complexity index is 459. The van der Waals surface area contributed by atoms with Crippen LogP contribution in [0.3, 0.4) is 0 Å². The number of aliphatic carboxylic acids is 1.